The van der Waals surface area contributed by atoms with Gasteiger partial charge in [0.1, 0.15) is 0 Å². The Kier molecular flexibility index (Phi) is 2.66. The summed E-state index contributed by atoms with van der Waals surface area (Å²) >= 11 is 0. The fraction of sp³-hybridized carbons (Fsp3) is 0.400. The van der Waals surface area contributed by atoms with Crippen LogP contribution >= 0.6 is 0 Å². The Hall–Kier alpha value is -1.82. The maximum absolute atomic E-state index is 10.7. The minimum Gasteiger partial charge on any atom is -0.292 e. The van der Waals surface area contributed by atoms with Crippen LogP contribution in [-0.4, -0.2) is 18.5 Å². The lowest BCUT2D eigenvalue weighted by Gasteiger charge is -2.18. The van der Waals surface area contributed by atoms with Gasteiger partial charge in [-0.3, -0.25) is 20.1 Å². The number of fused-ring (bicyclic) bond motifs is 1. The molecule has 0 aliphatic carbocycles. The zero-order chi connectivity index (χ0) is 11.7. The lowest BCUT2D eigenvalue weighted by atomic mass is 10.2. The molecule has 1 heterocycles. The maximum atomic E-state index is 10.7. The number of nitro benzene ring substituents is 1. The van der Waals surface area contributed by atoms with Crippen LogP contribution in [0.1, 0.15) is 13.3 Å². The maximum Gasteiger partial charge on any atom is 0.271 e. The second-order valence-electron chi connectivity index (χ2n) is 3.74. The summed E-state index contributed by atoms with van der Waals surface area (Å²) in [5, 5.41) is 14.5. The quantitative estimate of drug-likeness (QED) is 0.622. The topological polar surface area (TPSA) is 61.6 Å². The summed E-state index contributed by atoms with van der Waals surface area (Å²) in [4.78, 5) is 10.3. The van der Waals surface area contributed by atoms with Gasteiger partial charge in [0.25, 0.3) is 5.69 Å². The molecule has 1 aromatic rings. The smallest absolute Gasteiger partial charge is 0.271 e. The minimum atomic E-state index is -0.372. The Morgan fingerprint density at radius 3 is 2.81 bits per heavy atom. The van der Waals surface area contributed by atoms with Gasteiger partial charge in [-0.25, -0.2) is 0 Å². The molecule has 0 radical (unpaired) electrons. The van der Waals surface area contributed by atoms with Crippen molar-refractivity contribution in [2.24, 2.45) is 0 Å². The molecule has 0 unspecified atom stereocenters. The first kappa shape index (κ1) is 10.7. The SMILES string of the molecule is CCCN1NN(C)c2ccc([N+](=O)[O-])cc21. The lowest BCUT2D eigenvalue weighted by molar-refractivity contribution is -0.384. The van der Waals surface area contributed by atoms with Gasteiger partial charge in [-0.05, 0) is 12.5 Å². The van der Waals surface area contributed by atoms with Crippen molar-refractivity contribution in [2.45, 2.75) is 13.3 Å². The number of hydrazine groups is 2. The monoisotopic (exact) mass is 222 g/mol. The fourth-order valence-electron chi connectivity index (χ4n) is 1.81. The summed E-state index contributed by atoms with van der Waals surface area (Å²) in [6.07, 6.45) is 0.975. The molecule has 1 aliphatic rings. The number of rotatable bonds is 3. The molecule has 1 aliphatic heterocycles. The molecule has 0 spiro atoms. The highest BCUT2D eigenvalue weighted by Crippen LogP contribution is 2.35. The second kappa shape index (κ2) is 3.97. The highest BCUT2D eigenvalue weighted by atomic mass is 16.6. The third-order valence-electron chi connectivity index (χ3n) is 2.54. The lowest BCUT2D eigenvalue weighted by Crippen LogP contribution is -2.42. The van der Waals surface area contributed by atoms with Crippen molar-refractivity contribution in [1.29, 1.82) is 0 Å². The molecule has 0 atom stereocenters. The van der Waals surface area contributed by atoms with E-state index in [-0.39, 0.29) is 10.6 Å². The van der Waals surface area contributed by atoms with Gasteiger partial charge in [-0.2, -0.15) is 0 Å². The Morgan fingerprint density at radius 2 is 2.19 bits per heavy atom. The highest BCUT2D eigenvalue weighted by Gasteiger charge is 2.24. The molecule has 0 amide bonds. The van der Waals surface area contributed by atoms with Crippen LogP contribution in [0.2, 0.25) is 0 Å². The summed E-state index contributed by atoms with van der Waals surface area (Å²) in [7, 11) is 1.89. The molecule has 6 nitrogen and oxygen atoms in total. The van der Waals surface area contributed by atoms with E-state index in [4.69, 9.17) is 0 Å². The van der Waals surface area contributed by atoms with Crippen molar-refractivity contribution in [3.05, 3.63) is 28.3 Å². The van der Waals surface area contributed by atoms with Crippen molar-refractivity contribution in [2.75, 3.05) is 23.6 Å². The number of hydrogen-bond acceptors (Lipinski definition) is 5. The predicted molar refractivity (Wildman–Crippen MR) is 62.3 cm³/mol. The van der Waals surface area contributed by atoms with E-state index >= 15 is 0 Å². The van der Waals surface area contributed by atoms with E-state index < -0.39 is 0 Å². The van der Waals surface area contributed by atoms with Crippen molar-refractivity contribution in [3.8, 4) is 0 Å². The first-order valence-electron chi connectivity index (χ1n) is 5.19. The summed E-state index contributed by atoms with van der Waals surface area (Å²) in [5.41, 5.74) is 5.07. The molecule has 0 bridgehead atoms. The van der Waals surface area contributed by atoms with Crippen LogP contribution in [0, 0.1) is 10.1 Å². The van der Waals surface area contributed by atoms with Gasteiger partial charge in [0.2, 0.25) is 0 Å². The third kappa shape index (κ3) is 1.67. The van der Waals surface area contributed by atoms with E-state index in [1.165, 1.54) is 6.07 Å². The highest BCUT2D eigenvalue weighted by molar-refractivity contribution is 5.76. The van der Waals surface area contributed by atoms with E-state index in [9.17, 15) is 10.1 Å². The summed E-state index contributed by atoms with van der Waals surface area (Å²) in [6.45, 7) is 2.88. The predicted octanol–water partition coefficient (Wildman–Crippen LogP) is 1.68. The fourth-order valence-corrected chi connectivity index (χ4v) is 1.81. The van der Waals surface area contributed by atoms with Crippen LogP contribution in [0.4, 0.5) is 17.1 Å². The van der Waals surface area contributed by atoms with E-state index in [0.717, 1.165) is 24.3 Å². The average Bonchev–Trinajstić information content (AvgIpc) is 2.56. The van der Waals surface area contributed by atoms with Crippen molar-refractivity contribution >= 4 is 17.1 Å². The number of hydrogen-bond donors (Lipinski definition) is 1. The Morgan fingerprint density at radius 1 is 1.44 bits per heavy atom. The second-order valence-corrected chi connectivity index (χ2v) is 3.74. The van der Waals surface area contributed by atoms with Gasteiger partial charge in [-0.1, -0.05) is 6.92 Å². The number of nitro groups is 1. The van der Waals surface area contributed by atoms with E-state index in [1.54, 1.807) is 12.1 Å². The number of benzene rings is 1. The largest absolute Gasteiger partial charge is 0.292 e. The Balaban J connectivity index is 2.39. The molecule has 6 heteroatoms. The third-order valence-corrected chi connectivity index (χ3v) is 2.54. The number of nitrogens with one attached hydrogen (secondary N) is 1. The van der Waals surface area contributed by atoms with Crippen LogP contribution in [0.5, 0.6) is 0 Å². The van der Waals surface area contributed by atoms with E-state index in [1.807, 2.05) is 17.1 Å². The molecule has 1 N–H and O–H groups in total. The molecular weight excluding hydrogens is 208 g/mol. The van der Waals surface area contributed by atoms with Gasteiger partial charge in [-0.15, -0.1) is 5.53 Å². The van der Waals surface area contributed by atoms with Gasteiger partial charge in [0.15, 0.2) is 0 Å². The summed E-state index contributed by atoms with van der Waals surface area (Å²) in [6, 6.07) is 4.88. The van der Waals surface area contributed by atoms with Gasteiger partial charge in [0, 0.05) is 25.7 Å². The van der Waals surface area contributed by atoms with E-state index in [2.05, 4.69) is 12.5 Å². The Labute approximate surface area is 93.5 Å². The molecular formula is C10H14N4O2. The number of anilines is 2. The van der Waals surface area contributed by atoms with Gasteiger partial charge >= 0.3 is 0 Å². The first-order chi connectivity index (χ1) is 7.63. The minimum absolute atomic E-state index is 0.122. The van der Waals surface area contributed by atoms with Crippen LogP contribution in [0.3, 0.4) is 0 Å². The van der Waals surface area contributed by atoms with Gasteiger partial charge < -0.3 is 0 Å². The summed E-state index contributed by atoms with van der Waals surface area (Å²) < 4.78 is 0. The molecule has 2 rings (SSSR count). The van der Waals surface area contributed by atoms with Crippen molar-refractivity contribution in [1.82, 2.24) is 5.53 Å². The van der Waals surface area contributed by atoms with Crippen molar-refractivity contribution < 1.29 is 4.92 Å². The molecule has 86 valence electrons. The zero-order valence-electron chi connectivity index (χ0n) is 9.30. The van der Waals surface area contributed by atoms with Crippen LogP contribution < -0.4 is 15.6 Å². The summed E-state index contributed by atoms with van der Waals surface area (Å²) in [5.74, 6) is 0. The molecule has 0 aromatic heterocycles. The van der Waals surface area contributed by atoms with Crippen molar-refractivity contribution in [3.63, 3.8) is 0 Å². The zero-order valence-corrected chi connectivity index (χ0v) is 9.30. The van der Waals surface area contributed by atoms with Gasteiger partial charge in [0.05, 0.1) is 16.3 Å². The van der Waals surface area contributed by atoms with Crippen LogP contribution in [0.25, 0.3) is 0 Å². The molecule has 0 saturated heterocycles. The molecule has 16 heavy (non-hydrogen) atoms. The Bertz CT molecular complexity index is 421. The molecule has 0 saturated carbocycles. The normalized spacial score (nSPS) is 14.1. The van der Waals surface area contributed by atoms with Crippen LogP contribution in [-0.2, 0) is 0 Å². The average molecular weight is 222 g/mol. The van der Waals surface area contributed by atoms with Crippen LogP contribution in [0.15, 0.2) is 18.2 Å². The number of non-ortho nitro benzene ring substituents is 1. The van der Waals surface area contributed by atoms with E-state index in [0.29, 0.717) is 0 Å². The molecule has 0 fully saturated rings. The molecule has 1 aromatic carbocycles. The standard InChI is InChI=1S/C10H14N4O2/c1-3-6-13-10-7-8(14(15)16)4-5-9(10)12(2)11-13/h4-5,7,11H,3,6H2,1-2H3. The number of nitrogens with zero attached hydrogens (tertiary/aromatic N) is 3. The first-order valence-corrected chi connectivity index (χ1v) is 5.19.